The quantitative estimate of drug-likeness (QED) is 0.644. The van der Waals surface area contributed by atoms with Crippen LogP contribution in [0.2, 0.25) is 0 Å². The number of aryl methyl sites for hydroxylation is 1. The van der Waals surface area contributed by atoms with Gasteiger partial charge in [0.2, 0.25) is 10.0 Å². The van der Waals surface area contributed by atoms with Crippen LogP contribution in [0.5, 0.6) is 11.5 Å². The molecule has 0 aliphatic heterocycles. The minimum atomic E-state index is -3.70. The van der Waals surface area contributed by atoms with Gasteiger partial charge in [0, 0.05) is 16.6 Å². The van der Waals surface area contributed by atoms with E-state index in [1.54, 1.807) is 24.3 Å². The lowest BCUT2D eigenvalue weighted by molar-refractivity contribution is -0.0498. The van der Waals surface area contributed by atoms with Crippen LogP contribution in [0.3, 0.4) is 0 Å². The Morgan fingerprint density at radius 3 is 2.68 bits per heavy atom. The lowest BCUT2D eigenvalue weighted by atomic mass is 9.97. The number of rotatable bonds is 7. The van der Waals surface area contributed by atoms with Crippen LogP contribution in [0.15, 0.2) is 45.8 Å². The molecule has 0 heterocycles. The van der Waals surface area contributed by atoms with Crippen LogP contribution in [-0.2, 0) is 23.0 Å². The van der Waals surface area contributed by atoms with Gasteiger partial charge in [0.1, 0.15) is 11.5 Å². The van der Waals surface area contributed by atoms with Crippen molar-refractivity contribution in [2.45, 2.75) is 26.0 Å². The van der Waals surface area contributed by atoms with E-state index in [9.17, 15) is 17.2 Å². The zero-order chi connectivity index (χ0) is 20.3. The number of ether oxygens (including phenoxy) is 2. The van der Waals surface area contributed by atoms with Crippen molar-refractivity contribution in [2.75, 3.05) is 7.11 Å². The Bertz CT molecular complexity index is 1010. The highest BCUT2D eigenvalue weighted by Crippen LogP contribution is 2.30. The van der Waals surface area contributed by atoms with Gasteiger partial charge < -0.3 is 9.47 Å². The van der Waals surface area contributed by atoms with Gasteiger partial charge >= 0.3 is 6.61 Å². The Hall–Kier alpha value is -1.97. The van der Waals surface area contributed by atoms with Crippen LogP contribution in [0.1, 0.15) is 23.1 Å². The average Bonchev–Trinajstić information content (AvgIpc) is 2.65. The zero-order valence-electron chi connectivity index (χ0n) is 14.9. The molecule has 9 heteroatoms. The molecule has 150 valence electrons. The van der Waals surface area contributed by atoms with E-state index in [2.05, 4.69) is 25.4 Å². The van der Waals surface area contributed by atoms with Crippen LogP contribution in [0.4, 0.5) is 8.78 Å². The first-order valence-electron chi connectivity index (χ1n) is 8.39. The van der Waals surface area contributed by atoms with E-state index in [1.165, 1.54) is 19.2 Å². The van der Waals surface area contributed by atoms with Gasteiger partial charge in [0.15, 0.2) is 0 Å². The molecule has 1 aliphatic carbocycles. The Labute approximate surface area is 170 Å². The highest BCUT2D eigenvalue weighted by molar-refractivity contribution is 9.10. The molecule has 0 fully saturated rings. The summed E-state index contributed by atoms with van der Waals surface area (Å²) in [5.74, 6) is 0.647. The summed E-state index contributed by atoms with van der Waals surface area (Å²) in [6.07, 6.45) is 2.25. The van der Waals surface area contributed by atoms with Crippen molar-refractivity contribution in [3.8, 4) is 11.5 Å². The molecule has 0 saturated carbocycles. The number of halogens is 3. The molecule has 0 radical (unpaired) electrons. The molecular formula is C19H18BrF2NO4S. The van der Waals surface area contributed by atoms with Gasteiger partial charge in [-0.3, -0.25) is 0 Å². The van der Waals surface area contributed by atoms with E-state index >= 15 is 0 Å². The third-order valence-electron chi connectivity index (χ3n) is 4.34. The predicted molar refractivity (Wildman–Crippen MR) is 106 cm³/mol. The molecule has 3 rings (SSSR count). The number of hydrogen-bond donors (Lipinski definition) is 1. The normalized spacial score (nSPS) is 13.8. The highest BCUT2D eigenvalue weighted by Gasteiger charge is 2.22. The molecule has 2 aromatic carbocycles. The molecule has 0 amide bonds. The number of fused-ring (bicyclic) bond motifs is 1. The number of nitrogens with one attached hydrogen (secondary N) is 1. The molecule has 0 atom stereocenters. The first-order chi connectivity index (χ1) is 13.3. The molecule has 0 bridgehead atoms. The van der Waals surface area contributed by atoms with Crippen molar-refractivity contribution >= 4 is 32.0 Å². The molecule has 0 aromatic heterocycles. The molecule has 0 saturated heterocycles. The smallest absolute Gasteiger partial charge is 0.387 e. The largest absolute Gasteiger partial charge is 0.496 e. The number of allylic oxidation sites excluding steroid dienone is 1. The van der Waals surface area contributed by atoms with Crippen LogP contribution in [0.25, 0.3) is 6.08 Å². The Balaban J connectivity index is 1.78. The Morgan fingerprint density at radius 2 is 1.96 bits per heavy atom. The second-order valence-corrected chi connectivity index (χ2v) is 8.87. The summed E-state index contributed by atoms with van der Waals surface area (Å²) < 4.78 is 63.2. The molecular weight excluding hydrogens is 456 g/mol. The third-order valence-corrected chi connectivity index (χ3v) is 6.37. The molecule has 1 N–H and O–H groups in total. The van der Waals surface area contributed by atoms with Crippen LogP contribution >= 0.6 is 15.9 Å². The predicted octanol–water partition coefficient (Wildman–Crippen LogP) is 4.47. The fourth-order valence-electron chi connectivity index (χ4n) is 2.98. The number of hydrogen-bond acceptors (Lipinski definition) is 4. The van der Waals surface area contributed by atoms with E-state index in [0.29, 0.717) is 23.3 Å². The lowest BCUT2D eigenvalue weighted by Gasteiger charge is -2.18. The number of benzene rings is 2. The third kappa shape index (κ3) is 4.89. The molecule has 0 spiro atoms. The van der Waals surface area contributed by atoms with E-state index in [0.717, 1.165) is 10.0 Å². The summed E-state index contributed by atoms with van der Waals surface area (Å²) in [5.41, 5.74) is 2.14. The minimum absolute atomic E-state index is 0.0633. The lowest BCUT2D eigenvalue weighted by Crippen LogP contribution is -2.26. The fraction of sp³-hybridized carbons (Fsp3) is 0.263. The summed E-state index contributed by atoms with van der Waals surface area (Å²) in [7, 11) is -2.18. The van der Waals surface area contributed by atoms with Gasteiger partial charge in [-0.05, 0) is 60.4 Å². The highest BCUT2D eigenvalue weighted by atomic mass is 79.9. The van der Waals surface area contributed by atoms with Crippen LogP contribution < -0.4 is 14.2 Å². The second-order valence-electron chi connectivity index (χ2n) is 6.13. The van der Waals surface area contributed by atoms with Crippen LogP contribution in [-0.4, -0.2) is 22.1 Å². The summed E-state index contributed by atoms with van der Waals surface area (Å²) in [5, 5.41) is 0. The van der Waals surface area contributed by atoms with Gasteiger partial charge in [-0.1, -0.05) is 22.0 Å². The van der Waals surface area contributed by atoms with E-state index in [-0.39, 0.29) is 23.6 Å². The monoisotopic (exact) mass is 473 g/mol. The van der Waals surface area contributed by atoms with Crippen molar-refractivity contribution in [1.82, 2.24) is 4.72 Å². The van der Waals surface area contributed by atoms with Crippen molar-refractivity contribution in [1.29, 1.82) is 0 Å². The molecule has 1 aliphatic rings. The van der Waals surface area contributed by atoms with E-state index in [4.69, 9.17) is 4.74 Å². The van der Waals surface area contributed by atoms with Gasteiger partial charge in [-0.2, -0.15) is 8.78 Å². The minimum Gasteiger partial charge on any atom is -0.496 e. The molecule has 0 unspecified atom stereocenters. The molecule has 5 nitrogen and oxygen atoms in total. The van der Waals surface area contributed by atoms with E-state index < -0.39 is 16.6 Å². The maximum atomic E-state index is 12.7. The standard InChI is InChI=1S/C19H18BrF2NO4S/c1-26-18-7-4-15(20)8-14(18)11-23-28(24,25)17-6-3-12-9-16(27-19(21)22)5-2-13(12)10-17/h2,4-5,7-10,19,23H,3,6,11H2,1H3. The van der Waals surface area contributed by atoms with Gasteiger partial charge in [-0.15, -0.1) is 0 Å². The molecule has 28 heavy (non-hydrogen) atoms. The topological polar surface area (TPSA) is 64.6 Å². The summed E-state index contributed by atoms with van der Waals surface area (Å²) in [6.45, 7) is -2.82. The van der Waals surface area contributed by atoms with Crippen molar-refractivity contribution < 1.29 is 26.7 Å². The van der Waals surface area contributed by atoms with E-state index in [1.807, 2.05) is 6.07 Å². The van der Waals surface area contributed by atoms with Crippen molar-refractivity contribution in [3.63, 3.8) is 0 Å². The molecule has 2 aromatic rings. The fourth-order valence-corrected chi connectivity index (χ4v) is 4.57. The summed E-state index contributed by atoms with van der Waals surface area (Å²) in [6, 6.07) is 9.85. The second kappa shape index (κ2) is 8.59. The Kier molecular flexibility index (Phi) is 6.36. The Morgan fingerprint density at radius 1 is 1.18 bits per heavy atom. The maximum absolute atomic E-state index is 12.7. The van der Waals surface area contributed by atoms with Crippen LogP contribution in [0, 0.1) is 0 Å². The average molecular weight is 474 g/mol. The van der Waals surface area contributed by atoms with Gasteiger partial charge in [0.05, 0.1) is 12.0 Å². The first-order valence-corrected chi connectivity index (χ1v) is 10.7. The number of sulfonamides is 1. The number of alkyl halides is 2. The SMILES string of the molecule is COc1ccc(Br)cc1CNS(=O)(=O)C1=Cc2ccc(OC(F)F)cc2CC1. The van der Waals surface area contributed by atoms with Gasteiger partial charge in [-0.25, -0.2) is 13.1 Å². The summed E-state index contributed by atoms with van der Waals surface area (Å²) >= 11 is 3.36. The number of methoxy groups -OCH3 is 1. The first kappa shape index (κ1) is 20.8. The van der Waals surface area contributed by atoms with Gasteiger partial charge in [0.25, 0.3) is 0 Å². The maximum Gasteiger partial charge on any atom is 0.387 e. The van der Waals surface area contributed by atoms with Crippen molar-refractivity contribution in [3.05, 3.63) is 62.5 Å². The van der Waals surface area contributed by atoms with Crippen molar-refractivity contribution in [2.24, 2.45) is 0 Å². The zero-order valence-corrected chi connectivity index (χ0v) is 17.3. The summed E-state index contributed by atoms with van der Waals surface area (Å²) in [4.78, 5) is 0.247.